The van der Waals surface area contributed by atoms with Crippen LogP contribution in [-0.4, -0.2) is 4.98 Å². The molecule has 0 radical (unpaired) electrons. The Hall–Kier alpha value is -0.990. The fourth-order valence-corrected chi connectivity index (χ4v) is 2.01. The molecule has 0 unspecified atom stereocenters. The van der Waals surface area contributed by atoms with Gasteiger partial charge in [-0.25, -0.2) is 0 Å². The maximum atomic E-state index is 6.19. The highest BCUT2D eigenvalue weighted by Gasteiger charge is 2.09. The first-order valence-electron chi connectivity index (χ1n) is 5.64. The summed E-state index contributed by atoms with van der Waals surface area (Å²) in [5, 5.41) is 1.26. The van der Waals surface area contributed by atoms with E-state index in [1.165, 1.54) is 29.3 Å². The van der Waals surface area contributed by atoms with Crippen LogP contribution in [0.3, 0.4) is 0 Å². The number of H-pyrrole nitrogens is 1. The maximum absolute atomic E-state index is 6.19. The zero-order valence-electron chi connectivity index (χ0n) is 9.57. The molecule has 1 aromatic heterocycles. The Morgan fingerprint density at radius 2 is 2.12 bits per heavy atom. The van der Waals surface area contributed by atoms with E-state index >= 15 is 0 Å². The lowest BCUT2D eigenvalue weighted by molar-refractivity contribution is 0.607. The molecule has 3 heteroatoms. The number of aromatic nitrogens is 1. The molecule has 1 heterocycles. The number of hydrogen-bond acceptors (Lipinski definition) is 1. The number of fused-ring (bicyclic) bond motifs is 1. The van der Waals surface area contributed by atoms with E-state index in [1.807, 2.05) is 6.20 Å². The fraction of sp³-hybridized carbons (Fsp3) is 0.385. The molecule has 3 N–H and O–H groups in total. The number of unbranched alkanes of at least 4 members (excludes halogenated alkanes) is 1. The maximum Gasteiger partial charge on any atom is 0.0457 e. The first kappa shape index (κ1) is 13.1. The van der Waals surface area contributed by atoms with E-state index < -0.39 is 0 Å². The Morgan fingerprint density at radius 1 is 1.31 bits per heavy atom. The van der Waals surface area contributed by atoms with Crippen molar-refractivity contribution in [1.29, 1.82) is 0 Å². The Kier molecular flexibility index (Phi) is 4.84. The van der Waals surface area contributed by atoms with Crippen LogP contribution in [0.15, 0.2) is 30.5 Å². The highest BCUT2D eigenvalue weighted by Crippen LogP contribution is 2.25. The molecule has 1 atom stereocenters. The van der Waals surface area contributed by atoms with Crippen molar-refractivity contribution in [2.75, 3.05) is 0 Å². The summed E-state index contributed by atoms with van der Waals surface area (Å²) in [6, 6.07) is 8.57. The number of benzene rings is 1. The average molecular weight is 239 g/mol. The molecule has 0 saturated carbocycles. The van der Waals surface area contributed by atoms with Crippen LogP contribution in [0.5, 0.6) is 0 Å². The minimum atomic E-state index is 0. The number of halogens is 1. The molecular formula is C13H19ClN2. The van der Waals surface area contributed by atoms with Crippen molar-refractivity contribution in [2.24, 2.45) is 5.73 Å². The van der Waals surface area contributed by atoms with E-state index in [0.29, 0.717) is 0 Å². The highest BCUT2D eigenvalue weighted by molar-refractivity contribution is 5.85. The van der Waals surface area contributed by atoms with Crippen molar-refractivity contribution in [3.63, 3.8) is 0 Å². The van der Waals surface area contributed by atoms with Gasteiger partial charge in [-0.15, -0.1) is 12.4 Å². The number of nitrogens with one attached hydrogen (secondary N) is 1. The Bertz CT molecular complexity index is 436. The van der Waals surface area contributed by atoms with E-state index in [2.05, 4.69) is 36.2 Å². The minimum absolute atomic E-state index is 0. The van der Waals surface area contributed by atoms with Gasteiger partial charge in [0.15, 0.2) is 0 Å². The van der Waals surface area contributed by atoms with Gasteiger partial charge in [0.25, 0.3) is 0 Å². The van der Waals surface area contributed by atoms with E-state index in [9.17, 15) is 0 Å². The molecule has 0 spiro atoms. The second kappa shape index (κ2) is 5.92. The second-order valence-electron chi connectivity index (χ2n) is 4.03. The Labute approximate surface area is 103 Å². The van der Waals surface area contributed by atoms with Crippen LogP contribution in [0, 0.1) is 0 Å². The lowest BCUT2D eigenvalue weighted by atomic mass is 9.99. The summed E-state index contributed by atoms with van der Waals surface area (Å²) >= 11 is 0. The summed E-state index contributed by atoms with van der Waals surface area (Å²) in [4.78, 5) is 3.22. The zero-order valence-corrected chi connectivity index (χ0v) is 10.4. The lowest BCUT2D eigenvalue weighted by Crippen LogP contribution is -2.10. The highest BCUT2D eigenvalue weighted by atomic mass is 35.5. The summed E-state index contributed by atoms with van der Waals surface area (Å²) < 4.78 is 0. The Balaban J connectivity index is 0.00000128. The quantitative estimate of drug-likeness (QED) is 0.836. The number of aromatic amines is 1. The van der Waals surface area contributed by atoms with Crippen LogP contribution in [0.2, 0.25) is 0 Å². The predicted molar refractivity (Wildman–Crippen MR) is 72.0 cm³/mol. The van der Waals surface area contributed by atoms with Crippen molar-refractivity contribution in [3.8, 4) is 0 Å². The molecule has 0 saturated heterocycles. The third-order valence-electron chi connectivity index (χ3n) is 2.90. The zero-order chi connectivity index (χ0) is 10.7. The van der Waals surface area contributed by atoms with Crippen molar-refractivity contribution in [2.45, 2.75) is 32.2 Å². The van der Waals surface area contributed by atoms with Crippen LogP contribution in [0.4, 0.5) is 0 Å². The van der Waals surface area contributed by atoms with E-state index in [-0.39, 0.29) is 18.4 Å². The molecule has 0 amide bonds. The van der Waals surface area contributed by atoms with Gasteiger partial charge >= 0.3 is 0 Å². The van der Waals surface area contributed by atoms with Gasteiger partial charge in [-0.2, -0.15) is 0 Å². The van der Waals surface area contributed by atoms with E-state index in [0.717, 1.165) is 6.42 Å². The topological polar surface area (TPSA) is 41.8 Å². The SMILES string of the molecule is CCCC[C@@H](N)c1cccc2[nH]ccc12.Cl. The molecule has 2 aromatic rings. The average Bonchev–Trinajstić information content (AvgIpc) is 2.73. The summed E-state index contributed by atoms with van der Waals surface area (Å²) in [5.74, 6) is 0. The van der Waals surface area contributed by atoms with Crippen LogP contribution < -0.4 is 5.73 Å². The summed E-state index contributed by atoms with van der Waals surface area (Å²) in [6.07, 6.45) is 5.44. The van der Waals surface area contributed by atoms with Crippen molar-refractivity contribution in [1.82, 2.24) is 4.98 Å². The van der Waals surface area contributed by atoms with Gasteiger partial charge in [0.1, 0.15) is 0 Å². The van der Waals surface area contributed by atoms with E-state index in [4.69, 9.17) is 5.73 Å². The van der Waals surface area contributed by atoms with Gasteiger partial charge in [-0.05, 0) is 24.1 Å². The monoisotopic (exact) mass is 238 g/mol. The van der Waals surface area contributed by atoms with Gasteiger partial charge in [-0.1, -0.05) is 31.9 Å². The smallest absolute Gasteiger partial charge is 0.0457 e. The molecule has 2 nitrogen and oxygen atoms in total. The van der Waals surface area contributed by atoms with Crippen LogP contribution in [0.25, 0.3) is 10.9 Å². The number of nitrogens with two attached hydrogens (primary N) is 1. The van der Waals surface area contributed by atoms with Gasteiger partial charge < -0.3 is 10.7 Å². The molecule has 0 bridgehead atoms. The van der Waals surface area contributed by atoms with Crippen molar-refractivity contribution >= 4 is 23.3 Å². The van der Waals surface area contributed by atoms with Crippen LogP contribution in [0.1, 0.15) is 37.8 Å². The number of rotatable bonds is 4. The normalized spacial score (nSPS) is 12.4. The standard InChI is InChI=1S/C13H18N2.ClH/c1-2-3-6-12(14)10-5-4-7-13-11(10)8-9-15-13;/h4-5,7-9,12,15H,2-3,6,14H2,1H3;1H/t12-;/m1./s1. The third-order valence-corrected chi connectivity index (χ3v) is 2.90. The molecule has 0 aliphatic carbocycles. The van der Waals surface area contributed by atoms with Gasteiger partial charge in [0, 0.05) is 23.1 Å². The third kappa shape index (κ3) is 2.57. The largest absolute Gasteiger partial charge is 0.361 e. The molecular weight excluding hydrogens is 220 g/mol. The molecule has 0 aliphatic rings. The first-order valence-corrected chi connectivity index (χ1v) is 5.64. The molecule has 0 aliphatic heterocycles. The van der Waals surface area contributed by atoms with Gasteiger partial charge in [0.2, 0.25) is 0 Å². The predicted octanol–water partition coefficient (Wildman–Crippen LogP) is 3.78. The molecule has 2 rings (SSSR count). The lowest BCUT2D eigenvalue weighted by Gasteiger charge is -2.12. The number of hydrogen-bond donors (Lipinski definition) is 2. The molecule has 0 fully saturated rings. The molecule has 88 valence electrons. The van der Waals surface area contributed by atoms with Crippen molar-refractivity contribution in [3.05, 3.63) is 36.0 Å². The summed E-state index contributed by atoms with van der Waals surface area (Å²) in [7, 11) is 0. The summed E-state index contributed by atoms with van der Waals surface area (Å²) in [5.41, 5.74) is 8.64. The first-order chi connectivity index (χ1) is 7.33. The second-order valence-corrected chi connectivity index (χ2v) is 4.03. The van der Waals surface area contributed by atoms with Crippen LogP contribution in [-0.2, 0) is 0 Å². The minimum Gasteiger partial charge on any atom is -0.361 e. The van der Waals surface area contributed by atoms with Gasteiger partial charge in [0.05, 0.1) is 0 Å². The molecule has 16 heavy (non-hydrogen) atoms. The fourth-order valence-electron chi connectivity index (χ4n) is 2.01. The van der Waals surface area contributed by atoms with Crippen molar-refractivity contribution < 1.29 is 0 Å². The van der Waals surface area contributed by atoms with Crippen LogP contribution >= 0.6 is 12.4 Å². The van der Waals surface area contributed by atoms with Gasteiger partial charge in [-0.3, -0.25) is 0 Å². The van der Waals surface area contributed by atoms with E-state index in [1.54, 1.807) is 0 Å². The molecule has 1 aromatic carbocycles. The Morgan fingerprint density at radius 3 is 2.88 bits per heavy atom. The summed E-state index contributed by atoms with van der Waals surface area (Å²) in [6.45, 7) is 2.20.